The van der Waals surface area contributed by atoms with Crippen LogP contribution in [0.1, 0.15) is 56.0 Å². The average molecular weight is 333 g/mol. The lowest BCUT2D eigenvalue weighted by molar-refractivity contribution is 0.0397. The van der Waals surface area contributed by atoms with Crippen LogP contribution >= 0.6 is 11.5 Å². The fourth-order valence-electron chi connectivity index (χ4n) is 3.45. The predicted molar refractivity (Wildman–Crippen MR) is 89.9 cm³/mol. The first-order valence-electron chi connectivity index (χ1n) is 8.56. The van der Waals surface area contributed by atoms with Gasteiger partial charge in [0.1, 0.15) is 11.9 Å². The highest BCUT2D eigenvalue weighted by atomic mass is 32.1. The van der Waals surface area contributed by atoms with Gasteiger partial charge in [-0.25, -0.2) is 4.98 Å². The van der Waals surface area contributed by atoms with Crippen LogP contribution in [0.3, 0.4) is 0 Å². The summed E-state index contributed by atoms with van der Waals surface area (Å²) < 4.78 is 12.5. The summed E-state index contributed by atoms with van der Waals surface area (Å²) in [5.74, 6) is 1.64. The van der Waals surface area contributed by atoms with Crippen LogP contribution in [0.5, 0.6) is 0 Å². The third-order valence-electron chi connectivity index (χ3n) is 4.84. The molecule has 2 aromatic heterocycles. The van der Waals surface area contributed by atoms with E-state index in [0.29, 0.717) is 5.92 Å². The molecule has 1 aliphatic heterocycles. The van der Waals surface area contributed by atoms with Crippen molar-refractivity contribution in [3.8, 4) is 0 Å². The zero-order valence-electron chi connectivity index (χ0n) is 13.5. The second kappa shape index (κ2) is 6.57. The number of hydrogen-bond acceptors (Lipinski definition) is 6. The first-order chi connectivity index (χ1) is 11.3. The van der Waals surface area contributed by atoms with Gasteiger partial charge in [-0.1, -0.05) is 12.8 Å². The lowest BCUT2D eigenvalue weighted by Crippen LogP contribution is -2.38. The van der Waals surface area contributed by atoms with Crippen molar-refractivity contribution >= 4 is 16.7 Å². The maximum atomic E-state index is 5.94. The van der Waals surface area contributed by atoms with Crippen LogP contribution in [-0.2, 0) is 11.3 Å². The Kier molecular flexibility index (Phi) is 4.31. The van der Waals surface area contributed by atoms with E-state index in [1.165, 1.54) is 37.2 Å². The fraction of sp³-hybridized carbons (Fsp3) is 0.688. The first kappa shape index (κ1) is 15.1. The molecule has 1 aliphatic carbocycles. The molecule has 0 spiro atoms. The van der Waals surface area contributed by atoms with Gasteiger partial charge in [-0.3, -0.25) is 4.68 Å². The van der Waals surface area contributed by atoms with Gasteiger partial charge < -0.3 is 9.64 Å². The van der Waals surface area contributed by atoms with Crippen molar-refractivity contribution in [2.75, 3.05) is 24.6 Å². The maximum absolute atomic E-state index is 5.94. The highest BCUT2D eigenvalue weighted by Crippen LogP contribution is 2.35. The molecule has 7 heteroatoms. The number of hydrogen-bond donors (Lipinski definition) is 0. The minimum Gasteiger partial charge on any atom is -0.370 e. The topological polar surface area (TPSA) is 56.1 Å². The Morgan fingerprint density at radius 1 is 1.35 bits per heavy atom. The Balaban J connectivity index is 1.46. The van der Waals surface area contributed by atoms with Crippen LogP contribution in [0.2, 0.25) is 0 Å². The van der Waals surface area contributed by atoms with E-state index in [1.807, 2.05) is 10.9 Å². The number of anilines is 1. The highest BCUT2D eigenvalue weighted by Gasteiger charge is 2.27. The van der Waals surface area contributed by atoms with Gasteiger partial charge >= 0.3 is 0 Å². The molecule has 0 bridgehead atoms. The van der Waals surface area contributed by atoms with Crippen molar-refractivity contribution in [1.82, 2.24) is 19.1 Å². The number of nitrogens with zero attached hydrogens (tertiary/aromatic N) is 5. The summed E-state index contributed by atoms with van der Waals surface area (Å²) in [4.78, 5) is 7.14. The quantitative estimate of drug-likeness (QED) is 0.861. The van der Waals surface area contributed by atoms with Crippen molar-refractivity contribution in [3.63, 3.8) is 0 Å². The summed E-state index contributed by atoms with van der Waals surface area (Å²) >= 11 is 1.54. The van der Waals surface area contributed by atoms with Crippen LogP contribution in [0.25, 0.3) is 0 Å². The molecule has 1 atom stereocenters. The van der Waals surface area contributed by atoms with Crippen molar-refractivity contribution in [2.24, 2.45) is 0 Å². The fourth-order valence-corrected chi connectivity index (χ4v) is 4.23. The predicted octanol–water partition coefficient (Wildman–Crippen LogP) is 2.99. The SMILES string of the molecule is CCn1cc([C@@H]2CN(c3nc(C4CCCC4)ns3)CCO2)cn1. The van der Waals surface area contributed by atoms with Gasteiger partial charge in [0.15, 0.2) is 0 Å². The molecular formula is C16H23N5OS. The van der Waals surface area contributed by atoms with Crippen LogP contribution in [-0.4, -0.2) is 38.8 Å². The van der Waals surface area contributed by atoms with Crippen molar-refractivity contribution in [3.05, 3.63) is 23.8 Å². The minimum absolute atomic E-state index is 0.0721. The number of aryl methyl sites for hydroxylation is 1. The van der Waals surface area contributed by atoms with Gasteiger partial charge in [0.2, 0.25) is 5.13 Å². The van der Waals surface area contributed by atoms with E-state index in [2.05, 4.69) is 27.5 Å². The summed E-state index contributed by atoms with van der Waals surface area (Å²) in [6.07, 6.45) is 9.21. The van der Waals surface area contributed by atoms with E-state index >= 15 is 0 Å². The number of rotatable bonds is 4. The van der Waals surface area contributed by atoms with E-state index in [4.69, 9.17) is 9.72 Å². The molecule has 1 saturated carbocycles. The molecule has 23 heavy (non-hydrogen) atoms. The summed E-state index contributed by atoms with van der Waals surface area (Å²) in [5, 5.41) is 5.40. The monoisotopic (exact) mass is 333 g/mol. The zero-order chi connectivity index (χ0) is 15.6. The third-order valence-corrected chi connectivity index (χ3v) is 5.63. The van der Waals surface area contributed by atoms with E-state index in [-0.39, 0.29) is 6.10 Å². The molecule has 0 N–H and O–H groups in total. The van der Waals surface area contributed by atoms with E-state index in [1.54, 1.807) is 0 Å². The lowest BCUT2D eigenvalue weighted by atomic mass is 10.1. The molecule has 0 aromatic carbocycles. The van der Waals surface area contributed by atoms with Crippen LogP contribution in [0, 0.1) is 0 Å². The number of ether oxygens (including phenoxy) is 1. The molecule has 2 aliphatic rings. The molecule has 0 radical (unpaired) electrons. The Bertz CT molecular complexity index is 648. The van der Waals surface area contributed by atoms with Gasteiger partial charge in [0, 0.05) is 42.3 Å². The van der Waals surface area contributed by atoms with Crippen molar-refractivity contribution in [1.29, 1.82) is 0 Å². The van der Waals surface area contributed by atoms with Gasteiger partial charge in [-0.15, -0.1) is 0 Å². The summed E-state index contributed by atoms with van der Waals surface area (Å²) in [6.45, 7) is 5.42. The van der Waals surface area contributed by atoms with Gasteiger partial charge in [0.25, 0.3) is 0 Å². The van der Waals surface area contributed by atoms with Gasteiger partial charge in [0.05, 0.1) is 19.3 Å². The standard InChI is InChI=1S/C16H23N5OS/c1-2-21-10-13(9-17-21)14-11-20(7-8-22-14)16-18-15(19-23-16)12-5-3-4-6-12/h9-10,12,14H,2-8,11H2,1H3/t14-/m0/s1. The van der Waals surface area contributed by atoms with Crippen LogP contribution in [0.4, 0.5) is 5.13 Å². The second-order valence-corrected chi connectivity index (χ2v) is 7.08. The number of aromatic nitrogens is 4. The average Bonchev–Trinajstić information content (AvgIpc) is 3.35. The van der Waals surface area contributed by atoms with E-state index < -0.39 is 0 Å². The van der Waals surface area contributed by atoms with E-state index in [9.17, 15) is 0 Å². The summed E-state index contributed by atoms with van der Waals surface area (Å²) in [7, 11) is 0. The Morgan fingerprint density at radius 3 is 3.00 bits per heavy atom. The molecule has 1 saturated heterocycles. The Labute approximate surface area is 140 Å². The highest BCUT2D eigenvalue weighted by molar-refractivity contribution is 7.09. The van der Waals surface area contributed by atoms with Crippen LogP contribution < -0.4 is 4.90 Å². The molecule has 0 unspecified atom stereocenters. The second-order valence-electron chi connectivity index (χ2n) is 6.35. The lowest BCUT2D eigenvalue weighted by Gasteiger charge is -2.32. The van der Waals surface area contributed by atoms with Gasteiger partial charge in [-0.05, 0) is 19.8 Å². The summed E-state index contributed by atoms with van der Waals surface area (Å²) in [6, 6.07) is 0. The molecule has 0 amide bonds. The van der Waals surface area contributed by atoms with Crippen molar-refractivity contribution < 1.29 is 4.74 Å². The normalized spacial score (nSPS) is 22.8. The molecule has 2 fully saturated rings. The first-order valence-corrected chi connectivity index (χ1v) is 9.33. The maximum Gasteiger partial charge on any atom is 0.205 e. The van der Waals surface area contributed by atoms with E-state index in [0.717, 1.165) is 42.8 Å². The minimum atomic E-state index is 0.0721. The van der Waals surface area contributed by atoms with Crippen LogP contribution in [0.15, 0.2) is 12.4 Å². The van der Waals surface area contributed by atoms with Crippen molar-refractivity contribution in [2.45, 2.75) is 51.2 Å². The summed E-state index contributed by atoms with van der Waals surface area (Å²) in [5.41, 5.74) is 1.15. The molecule has 124 valence electrons. The molecule has 2 aromatic rings. The smallest absolute Gasteiger partial charge is 0.205 e. The molecule has 3 heterocycles. The zero-order valence-corrected chi connectivity index (χ0v) is 14.3. The molecule has 4 rings (SSSR count). The molecular weight excluding hydrogens is 310 g/mol. The number of morpholine rings is 1. The van der Waals surface area contributed by atoms with Gasteiger partial charge in [-0.2, -0.15) is 9.47 Å². The third kappa shape index (κ3) is 3.12. The Hall–Kier alpha value is -1.47. The molecule has 6 nitrogen and oxygen atoms in total. The Morgan fingerprint density at radius 2 is 2.22 bits per heavy atom. The largest absolute Gasteiger partial charge is 0.370 e.